The van der Waals surface area contributed by atoms with Gasteiger partial charge in [0.05, 0.1) is 23.9 Å². The van der Waals surface area contributed by atoms with Gasteiger partial charge in [-0.1, -0.05) is 0 Å². The minimum atomic E-state index is -0.452. The number of oxazole rings is 1. The Morgan fingerprint density at radius 2 is 2.29 bits per heavy atom. The Morgan fingerprint density at radius 1 is 1.48 bits per heavy atom. The largest absolute Gasteiger partial charge is 0.481 e. The summed E-state index contributed by atoms with van der Waals surface area (Å²) in [6, 6.07) is 5.44. The predicted octanol–water partition coefficient (Wildman–Crippen LogP) is 1.78. The zero-order chi connectivity index (χ0) is 15.0. The molecule has 2 heterocycles. The predicted molar refractivity (Wildman–Crippen MR) is 78.7 cm³/mol. The van der Waals surface area contributed by atoms with Crippen LogP contribution in [0.2, 0.25) is 0 Å². The van der Waals surface area contributed by atoms with Crippen molar-refractivity contribution < 1.29 is 9.15 Å². The van der Waals surface area contributed by atoms with Gasteiger partial charge >= 0.3 is 5.76 Å². The second-order valence-electron chi connectivity index (χ2n) is 4.78. The van der Waals surface area contributed by atoms with E-state index in [1.54, 1.807) is 17.9 Å². The van der Waals surface area contributed by atoms with E-state index in [9.17, 15) is 4.79 Å². The van der Waals surface area contributed by atoms with Gasteiger partial charge < -0.3 is 14.5 Å². The number of rotatable bonds is 4. The van der Waals surface area contributed by atoms with Crippen LogP contribution in [0.5, 0.6) is 5.88 Å². The number of anilines is 1. The molecule has 0 bridgehead atoms. The highest BCUT2D eigenvalue weighted by Gasteiger charge is 2.13. The van der Waals surface area contributed by atoms with Crippen molar-refractivity contribution in [3.63, 3.8) is 0 Å². The molecule has 7 nitrogen and oxygen atoms in total. The first kappa shape index (κ1) is 13.3. The number of ether oxygens (including phenoxy) is 1. The fraction of sp³-hybridized carbons (Fsp3) is 0.286. The third kappa shape index (κ3) is 2.37. The van der Waals surface area contributed by atoms with E-state index in [1.807, 2.05) is 26.1 Å². The first-order valence-corrected chi connectivity index (χ1v) is 6.51. The maximum absolute atomic E-state index is 11.1. The van der Waals surface area contributed by atoms with E-state index in [0.29, 0.717) is 17.6 Å². The van der Waals surface area contributed by atoms with Gasteiger partial charge in [0.25, 0.3) is 0 Å². The molecule has 0 radical (unpaired) electrons. The number of benzene rings is 1. The Balaban J connectivity index is 1.84. The van der Waals surface area contributed by atoms with E-state index in [0.717, 1.165) is 22.8 Å². The second-order valence-corrected chi connectivity index (χ2v) is 4.78. The third-order valence-electron chi connectivity index (χ3n) is 3.37. The van der Waals surface area contributed by atoms with Crippen molar-refractivity contribution in [2.24, 2.45) is 7.05 Å². The van der Waals surface area contributed by atoms with Crippen molar-refractivity contribution in [1.82, 2.24) is 14.8 Å². The lowest BCUT2D eigenvalue weighted by molar-refractivity contribution is 0.370. The number of fused-ring (bicyclic) bond motifs is 1. The molecule has 0 atom stereocenters. The monoisotopic (exact) mass is 288 g/mol. The van der Waals surface area contributed by atoms with E-state index >= 15 is 0 Å². The van der Waals surface area contributed by atoms with E-state index in [2.05, 4.69) is 15.4 Å². The maximum Gasteiger partial charge on any atom is 0.417 e. The molecule has 7 heteroatoms. The molecule has 3 rings (SSSR count). The van der Waals surface area contributed by atoms with Gasteiger partial charge in [0, 0.05) is 19.3 Å². The molecule has 0 aliphatic carbocycles. The second kappa shape index (κ2) is 5.01. The number of methoxy groups -OCH3 is 1. The summed E-state index contributed by atoms with van der Waals surface area (Å²) in [7, 11) is 3.47. The number of aryl methyl sites for hydroxylation is 2. The van der Waals surface area contributed by atoms with Crippen LogP contribution in [-0.2, 0) is 13.6 Å². The summed E-state index contributed by atoms with van der Waals surface area (Å²) in [5.74, 6) is 0.282. The Labute approximate surface area is 120 Å². The lowest BCUT2D eigenvalue weighted by Crippen LogP contribution is -2.03. The first-order chi connectivity index (χ1) is 10.1. The zero-order valence-corrected chi connectivity index (χ0v) is 12.1. The summed E-state index contributed by atoms with van der Waals surface area (Å²) in [5.41, 5.74) is 4.01. The summed E-state index contributed by atoms with van der Waals surface area (Å²) in [4.78, 5) is 13.8. The summed E-state index contributed by atoms with van der Waals surface area (Å²) in [6.45, 7) is 2.52. The molecule has 3 aromatic rings. The maximum atomic E-state index is 11.1. The molecule has 0 saturated heterocycles. The smallest absolute Gasteiger partial charge is 0.417 e. The summed E-state index contributed by atoms with van der Waals surface area (Å²) in [5, 5.41) is 7.63. The number of aromatic nitrogens is 3. The Kier molecular flexibility index (Phi) is 3.17. The van der Waals surface area contributed by atoms with E-state index in [1.165, 1.54) is 0 Å². The molecule has 0 aliphatic heterocycles. The highest BCUT2D eigenvalue weighted by molar-refractivity contribution is 5.76. The average Bonchev–Trinajstić information content (AvgIpc) is 2.94. The quantitative estimate of drug-likeness (QED) is 0.764. The average molecular weight is 288 g/mol. The van der Waals surface area contributed by atoms with Gasteiger partial charge in [-0.25, -0.2) is 9.48 Å². The van der Waals surface area contributed by atoms with Crippen LogP contribution in [-0.4, -0.2) is 21.9 Å². The number of hydrogen-bond acceptors (Lipinski definition) is 5. The molecular formula is C14H16N4O3. The van der Waals surface area contributed by atoms with Crippen LogP contribution in [0.4, 0.5) is 5.69 Å². The van der Waals surface area contributed by atoms with Crippen LogP contribution < -0.4 is 15.8 Å². The molecule has 1 aromatic carbocycles. The van der Waals surface area contributed by atoms with Gasteiger partial charge in [-0.05, 0) is 25.1 Å². The van der Waals surface area contributed by atoms with Crippen molar-refractivity contribution in [2.75, 3.05) is 12.4 Å². The molecule has 2 aromatic heterocycles. The van der Waals surface area contributed by atoms with Crippen LogP contribution in [0.15, 0.2) is 27.4 Å². The number of H-pyrrole nitrogens is 1. The zero-order valence-electron chi connectivity index (χ0n) is 12.1. The van der Waals surface area contributed by atoms with Gasteiger partial charge in [-0.15, -0.1) is 0 Å². The van der Waals surface area contributed by atoms with Crippen molar-refractivity contribution >= 4 is 16.8 Å². The van der Waals surface area contributed by atoms with Gasteiger partial charge in [-0.2, -0.15) is 5.10 Å². The third-order valence-corrected chi connectivity index (χ3v) is 3.37. The van der Waals surface area contributed by atoms with E-state index in [4.69, 9.17) is 9.15 Å². The van der Waals surface area contributed by atoms with E-state index in [-0.39, 0.29) is 0 Å². The number of nitrogens with one attached hydrogen (secondary N) is 2. The number of aromatic amines is 1. The van der Waals surface area contributed by atoms with E-state index < -0.39 is 5.76 Å². The molecule has 0 fully saturated rings. The van der Waals surface area contributed by atoms with Crippen molar-refractivity contribution in [3.05, 3.63) is 40.0 Å². The number of nitrogens with zero attached hydrogens (tertiary/aromatic N) is 2. The highest BCUT2D eigenvalue weighted by Crippen LogP contribution is 2.23. The molecule has 0 amide bonds. The van der Waals surface area contributed by atoms with Crippen LogP contribution in [0, 0.1) is 6.92 Å². The lowest BCUT2D eigenvalue weighted by atomic mass is 10.2. The van der Waals surface area contributed by atoms with Gasteiger partial charge in [-0.3, -0.25) is 4.98 Å². The fourth-order valence-electron chi connectivity index (χ4n) is 2.39. The molecule has 2 N–H and O–H groups in total. The van der Waals surface area contributed by atoms with Gasteiger partial charge in [0.15, 0.2) is 5.58 Å². The Morgan fingerprint density at radius 3 is 3.05 bits per heavy atom. The first-order valence-electron chi connectivity index (χ1n) is 6.51. The van der Waals surface area contributed by atoms with Gasteiger partial charge in [0.2, 0.25) is 5.88 Å². The molecule has 110 valence electrons. The summed E-state index contributed by atoms with van der Waals surface area (Å²) >= 11 is 0. The lowest BCUT2D eigenvalue weighted by Gasteiger charge is -2.08. The topological polar surface area (TPSA) is 85.1 Å². The molecule has 0 saturated carbocycles. The Bertz CT molecular complexity index is 844. The minimum absolute atomic E-state index is 0.452. The van der Waals surface area contributed by atoms with Crippen LogP contribution in [0.1, 0.15) is 11.3 Å². The summed E-state index contributed by atoms with van der Waals surface area (Å²) in [6.07, 6.45) is 0. The summed E-state index contributed by atoms with van der Waals surface area (Å²) < 4.78 is 12.0. The SMILES string of the molecule is COc1c(CNc2ccc3oc(=O)[nH]c3c2)c(C)nn1C. The molecule has 0 unspecified atom stereocenters. The molecular weight excluding hydrogens is 272 g/mol. The fourth-order valence-corrected chi connectivity index (χ4v) is 2.39. The van der Waals surface area contributed by atoms with Gasteiger partial charge in [0.1, 0.15) is 0 Å². The minimum Gasteiger partial charge on any atom is -0.481 e. The van der Waals surface area contributed by atoms with Crippen LogP contribution in [0.3, 0.4) is 0 Å². The molecule has 0 aliphatic rings. The standard InChI is InChI=1S/C14H16N4O3/c1-8-10(13(20-3)18(2)17-8)7-15-9-4-5-12-11(6-9)16-14(19)21-12/h4-6,15H,7H2,1-3H3,(H,16,19). The Hall–Kier alpha value is -2.70. The van der Waals surface area contributed by atoms with Crippen molar-refractivity contribution in [1.29, 1.82) is 0 Å². The molecule has 0 spiro atoms. The van der Waals surface area contributed by atoms with Crippen molar-refractivity contribution in [3.8, 4) is 5.88 Å². The van der Waals surface area contributed by atoms with Crippen molar-refractivity contribution in [2.45, 2.75) is 13.5 Å². The van der Waals surface area contributed by atoms with Crippen LogP contribution >= 0.6 is 0 Å². The highest BCUT2D eigenvalue weighted by atomic mass is 16.5. The van der Waals surface area contributed by atoms with Crippen LogP contribution in [0.25, 0.3) is 11.1 Å². The number of hydrogen-bond donors (Lipinski definition) is 2. The molecule has 21 heavy (non-hydrogen) atoms. The normalized spacial score (nSPS) is 11.0.